The lowest BCUT2D eigenvalue weighted by molar-refractivity contribution is 0.0467. The Balaban J connectivity index is 1.73. The summed E-state index contributed by atoms with van der Waals surface area (Å²) in [6.45, 7) is 5.33. The van der Waals surface area contributed by atoms with Crippen LogP contribution in [0.3, 0.4) is 0 Å². The van der Waals surface area contributed by atoms with Gasteiger partial charge in [-0.3, -0.25) is 4.98 Å². The Morgan fingerprint density at radius 3 is 2.14 bits per heavy atom. The molecule has 8 heteroatoms. The van der Waals surface area contributed by atoms with Crippen molar-refractivity contribution in [3.05, 3.63) is 90.1 Å². The maximum Gasteiger partial charge on any atom is 0.407 e. The van der Waals surface area contributed by atoms with E-state index in [1.807, 2.05) is 72.8 Å². The molecule has 0 bridgehead atoms. The molecule has 0 aliphatic carbocycles. The molecule has 2 aromatic carbocycles. The first-order chi connectivity index (χ1) is 17.6. The zero-order valence-electron chi connectivity index (χ0n) is 21.4. The molecule has 0 saturated carbocycles. The molecule has 37 heavy (non-hydrogen) atoms. The van der Waals surface area contributed by atoms with E-state index in [1.165, 1.54) is 0 Å². The number of carboxylic acid groups (broad SMARTS) is 1. The third-order valence-electron chi connectivity index (χ3n) is 5.72. The van der Waals surface area contributed by atoms with Crippen molar-refractivity contribution in [1.29, 1.82) is 0 Å². The second kappa shape index (κ2) is 12.9. The number of alkyl carbamates (subject to hydrolysis) is 1. The van der Waals surface area contributed by atoms with E-state index >= 15 is 0 Å². The maximum absolute atomic E-state index is 12.5. The molecule has 1 heterocycles. The molecule has 4 N–H and O–H groups in total. The van der Waals surface area contributed by atoms with Gasteiger partial charge in [0, 0.05) is 17.8 Å². The Labute approximate surface area is 217 Å². The van der Waals surface area contributed by atoms with Gasteiger partial charge in [-0.05, 0) is 63.3 Å². The summed E-state index contributed by atoms with van der Waals surface area (Å²) < 4.78 is 5.41. The molecule has 3 rings (SSSR count). The van der Waals surface area contributed by atoms with Crippen molar-refractivity contribution < 1.29 is 24.5 Å². The van der Waals surface area contributed by atoms with Crippen molar-refractivity contribution in [2.24, 2.45) is 0 Å². The Kier molecular flexibility index (Phi) is 9.63. The monoisotopic (exact) mass is 505 g/mol. The van der Waals surface area contributed by atoms with E-state index in [-0.39, 0.29) is 12.8 Å². The van der Waals surface area contributed by atoms with Crippen LogP contribution in [0.2, 0.25) is 0 Å². The van der Waals surface area contributed by atoms with E-state index in [2.05, 4.69) is 15.6 Å². The van der Waals surface area contributed by atoms with E-state index in [9.17, 15) is 19.8 Å². The number of rotatable bonds is 10. The Morgan fingerprint density at radius 2 is 1.54 bits per heavy atom. The lowest BCUT2D eigenvalue weighted by Crippen LogP contribution is -2.48. The molecule has 0 unspecified atom stereocenters. The topological polar surface area (TPSA) is 121 Å². The van der Waals surface area contributed by atoms with Gasteiger partial charge < -0.3 is 25.6 Å². The predicted octanol–water partition coefficient (Wildman–Crippen LogP) is 4.81. The second-order valence-electron chi connectivity index (χ2n) is 10.0. The maximum atomic E-state index is 12.5. The Morgan fingerprint density at radius 1 is 0.892 bits per heavy atom. The van der Waals surface area contributed by atoms with Gasteiger partial charge in [-0.1, -0.05) is 60.7 Å². The van der Waals surface area contributed by atoms with Crippen molar-refractivity contribution in [1.82, 2.24) is 15.6 Å². The van der Waals surface area contributed by atoms with Crippen LogP contribution < -0.4 is 10.6 Å². The molecule has 1 aromatic heterocycles. The number of aromatic nitrogens is 1. The zero-order chi connectivity index (χ0) is 26.8. The molecule has 8 nitrogen and oxygen atoms in total. The van der Waals surface area contributed by atoms with Gasteiger partial charge >= 0.3 is 12.2 Å². The van der Waals surface area contributed by atoms with E-state index < -0.39 is 36.0 Å². The molecule has 0 fully saturated rings. The van der Waals surface area contributed by atoms with E-state index in [0.717, 1.165) is 22.4 Å². The minimum atomic E-state index is -1.23. The number of nitrogens with zero attached hydrogens (tertiary/aromatic N) is 1. The number of ether oxygens (including phenoxy) is 1. The summed E-state index contributed by atoms with van der Waals surface area (Å²) in [6, 6.07) is 21.6. The van der Waals surface area contributed by atoms with Crippen LogP contribution in [-0.4, -0.2) is 51.2 Å². The highest BCUT2D eigenvalue weighted by Gasteiger charge is 2.27. The van der Waals surface area contributed by atoms with Gasteiger partial charge in [-0.25, -0.2) is 9.59 Å². The first-order valence-electron chi connectivity index (χ1n) is 12.3. The van der Waals surface area contributed by atoms with E-state index in [1.54, 1.807) is 27.0 Å². The highest BCUT2D eigenvalue weighted by Crippen LogP contribution is 2.19. The minimum Gasteiger partial charge on any atom is -0.465 e. The van der Waals surface area contributed by atoms with Gasteiger partial charge in [0.15, 0.2) is 0 Å². The molecule has 0 aliphatic rings. The van der Waals surface area contributed by atoms with Gasteiger partial charge in [0.05, 0.1) is 17.8 Å². The normalized spacial score (nSPS) is 13.7. The number of nitrogens with one attached hydrogen (secondary N) is 2. The number of pyridine rings is 1. The van der Waals surface area contributed by atoms with Crippen molar-refractivity contribution in [3.63, 3.8) is 0 Å². The van der Waals surface area contributed by atoms with Crippen LogP contribution in [-0.2, 0) is 17.6 Å². The first-order valence-corrected chi connectivity index (χ1v) is 12.3. The summed E-state index contributed by atoms with van der Waals surface area (Å²) >= 11 is 0. The molecular formula is C29H35N3O5. The summed E-state index contributed by atoms with van der Waals surface area (Å²) in [7, 11) is 0. The number of aliphatic hydroxyl groups is 1. The SMILES string of the molecule is CC(C)(C)OC(=O)N[C@@H](Cc1ccccc1)C[C@@H](O)[C@H](Cc1ccc(-c2ccccn2)cc1)NC(=O)O. The number of aliphatic hydroxyl groups excluding tert-OH is 1. The molecule has 0 aliphatic heterocycles. The van der Waals surface area contributed by atoms with Crippen LogP contribution in [0.25, 0.3) is 11.3 Å². The standard InChI is InChI=1S/C29H35N3O5/c1-29(2,3)37-28(36)31-23(17-20-9-5-4-6-10-20)19-26(33)25(32-27(34)35)18-21-12-14-22(15-13-21)24-11-7-8-16-30-24/h4-16,23,25-26,32-33H,17-19H2,1-3H3,(H,31,36)(H,34,35)/t23-,25-,26+/m0/s1. The number of carbonyl (C=O) groups is 2. The fourth-order valence-corrected chi connectivity index (χ4v) is 4.06. The fourth-order valence-electron chi connectivity index (χ4n) is 4.06. The second-order valence-corrected chi connectivity index (χ2v) is 10.0. The fraction of sp³-hybridized carbons (Fsp3) is 0.345. The number of amides is 2. The molecule has 0 saturated heterocycles. The average Bonchev–Trinajstić information content (AvgIpc) is 2.83. The van der Waals surface area contributed by atoms with Gasteiger partial charge in [-0.2, -0.15) is 0 Å². The highest BCUT2D eigenvalue weighted by atomic mass is 16.6. The molecule has 0 spiro atoms. The summed E-state index contributed by atoms with van der Waals surface area (Å²) in [4.78, 5) is 28.4. The Hall–Kier alpha value is -3.91. The summed E-state index contributed by atoms with van der Waals surface area (Å²) in [6.07, 6.45) is -0.289. The van der Waals surface area contributed by atoms with Crippen molar-refractivity contribution >= 4 is 12.2 Å². The molecular weight excluding hydrogens is 470 g/mol. The summed E-state index contributed by atoms with van der Waals surface area (Å²) in [5, 5.41) is 25.8. The number of hydrogen-bond acceptors (Lipinski definition) is 5. The van der Waals surface area contributed by atoms with Crippen molar-refractivity contribution in [3.8, 4) is 11.3 Å². The van der Waals surface area contributed by atoms with Crippen LogP contribution >= 0.6 is 0 Å². The van der Waals surface area contributed by atoms with E-state index in [0.29, 0.717) is 6.42 Å². The summed E-state index contributed by atoms with van der Waals surface area (Å²) in [5.41, 5.74) is 2.94. The summed E-state index contributed by atoms with van der Waals surface area (Å²) in [5.74, 6) is 0. The predicted molar refractivity (Wildman–Crippen MR) is 142 cm³/mol. The van der Waals surface area contributed by atoms with Crippen LogP contribution in [0.1, 0.15) is 38.3 Å². The van der Waals surface area contributed by atoms with Crippen molar-refractivity contribution in [2.45, 2.75) is 63.8 Å². The smallest absolute Gasteiger partial charge is 0.407 e. The number of benzene rings is 2. The Bertz CT molecular complexity index is 1130. The average molecular weight is 506 g/mol. The van der Waals surface area contributed by atoms with E-state index in [4.69, 9.17) is 4.74 Å². The minimum absolute atomic E-state index is 0.130. The van der Waals surface area contributed by atoms with Gasteiger partial charge in [0.1, 0.15) is 5.60 Å². The van der Waals surface area contributed by atoms with Crippen LogP contribution in [0.4, 0.5) is 9.59 Å². The number of carbonyl (C=O) groups excluding carboxylic acids is 1. The third kappa shape index (κ3) is 9.57. The van der Waals surface area contributed by atoms with Gasteiger partial charge in [-0.15, -0.1) is 0 Å². The van der Waals surface area contributed by atoms with Crippen LogP contribution in [0.5, 0.6) is 0 Å². The molecule has 3 aromatic rings. The van der Waals surface area contributed by atoms with Crippen molar-refractivity contribution in [2.75, 3.05) is 0 Å². The number of hydrogen-bond donors (Lipinski definition) is 4. The highest BCUT2D eigenvalue weighted by molar-refractivity contribution is 5.68. The lowest BCUT2D eigenvalue weighted by Gasteiger charge is -2.28. The molecule has 196 valence electrons. The van der Waals surface area contributed by atoms with Gasteiger partial charge in [0.25, 0.3) is 0 Å². The third-order valence-corrected chi connectivity index (χ3v) is 5.72. The van der Waals surface area contributed by atoms with Crippen LogP contribution in [0.15, 0.2) is 79.0 Å². The molecule has 0 radical (unpaired) electrons. The first kappa shape index (κ1) is 27.7. The molecule has 2 amide bonds. The zero-order valence-corrected chi connectivity index (χ0v) is 21.4. The largest absolute Gasteiger partial charge is 0.465 e. The lowest BCUT2D eigenvalue weighted by atomic mass is 9.93. The quantitative estimate of drug-likeness (QED) is 0.314. The molecule has 3 atom stereocenters. The van der Waals surface area contributed by atoms with Crippen LogP contribution in [0, 0.1) is 0 Å². The van der Waals surface area contributed by atoms with Gasteiger partial charge in [0.2, 0.25) is 0 Å².